The molecule has 25 heavy (non-hydrogen) atoms. The van der Waals surface area contributed by atoms with Crippen LogP contribution in [0.5, 0.6) is 0 Å². The molecule has 0 bridgehead atoms. The maximum atomic E-state index is 11.6. The van der Waals surface area contributed by atoms with Crippen molar-refractivity contribution < 1.29 is 19.4 Å². The van der Waals surface area contributed by atoms with Crippen LogP contribution < -0.4 is 10.6 Å². The van der Waals surface area contributed by atoms with Crippen LogP contribution in [0.4, 0.5) is 4.79 Å². The molecule has 0 saturated carbocycles. The predicted molar refractivity (Wildman–Crippen MR) is 97.0 cm³/mol. The smallest absolute Gasteiger partial charge is 0.407 e. The molecule has 0 aliphatic rings. The van der Waals surface area contributed by atoms with Crippen LogP contribution in [0, 0.1) is 0 Å². The van der Waals surface area contributed by atoms with Crippen molar-refractivity contribution in [1.82, 2.24) is 10.6 Å². The highest BCUT2D eigenvalue weighted by atomic mass is 16.5. The highest BCUT2D eigenvalue weighted by molar-refractivity contribution is 5.75. The number of carbonyl (C=O) groups excluding carboxylic acids is 2. The minimum absolute atomic E-state index is 0.0687. The van der Waals surface area contributed by atoms with Crippen LogP contribution in [0.3, 0.4) is 0 Å². The van der Waals surface area contributed by atoms with Crippen molar-refractivity contribution in [2.24, 2.45) is 0 Å². The number of ether oxygens (including phenoxy) is 1. The Bertz CT molecular complexity index is 480. The fraction of sp³-hybridized carbons (Fsp3) is 0.579. The molecule has 6 heteroatoms. The third-order valence-corrected chi connectivity index (χ3v) is 3.72. The summed E-state index contributed by atoms with van der Waals surface area (Å²) in [7, 11) is 0. The number of nitrogens with one attached hydrogen (secondary N) is 2. The van der Waals surface area contributed by atoms with Crippen LogP contribution in [0.15, 0.2) is 30.3 Å². The van der Waals surface area contributed by atoms with E-state index in [1.165, 1.54) is 0 Å². The molecule has 0 unspecified atom stereocenters. The molecule has 1 aromatic carbocycles. The van der Waals surface area contributed by atoms with E-state index in [-0.39, 0.29) is 19.1 Å². The quantitative estimate of drug-likeness (QED) is 0.477. The summed E-state index contributed by atoms with van der Waals surface area (Å²) in [5.41, 5.74) is 0.958. The summed E-state index contributed by atoms with van der Waals surface area (Å²) in [6.07, 6.45) is 5.24. The molecule has 0 radical (unpaired) electrons. The van der Waals surface area contributed by atoms with Gasteiger partial charge in [0.15, 0.2) is 0 Å². The van der Waals surface area contributed by atoms with Gasteiger partial charge in [-0.25, -0.2) is 4.79 Å². The molecule has 1 aromatic rings. The zero-order valence-corrected chi connectivity index (χ0v) is 14.8. The summed E-state index contributed by atoms with van der Waals surface area (Å²) in [6.45, 7) is 1.71. The second kappa shape index (κ2) is 14.3. The molecule has 0 saturated heterocycles. The molecule has 3 N–H and O–H groups in total. The average molecular weight is 350 g/mol. The number of aliphatic hydroxyl groups is 1. The van der Waals surface area contributed by atoms with Gasteiger partial charge in [-0.1, -0.05) is 36.8 Å². The highest BCUT2D eigenvalue weighted by Gasteiger charge is 2.03. The summed E-state index contributed by atoms with van der Waals surface area (Å²) in [4.78, 5) is 23.1. The number of amides is 2. The second-order valence-electron chi connectivity index (χ2n) is 5.93. The van der Waals surface area contributed by atoms with Gasteiger partial charge in [-0.15, -0.1) is 0 Å². The number of hydrogen-bond donors (Lipinski definition) is 3. The zero-order valence-electron chi connectivity index (χ0n) is 14.8. The molecule has 0 aliphatic heterocycles. The Hall–Kier alpha value is -2.08. The van der Waals surface area contributed by atoms with Gasteiger partial charge in [-0.3, -0.25) is 4.79 Å². The molecule has 2 amide bonds. The van der Waals surface area contributed by atoms with Gasteiger partial charge in [0.1, 0.15) is 6.61 Å². The van der Waals surface area contributed by atoms with Crippen LogP contribution in [-0.2, 0) is 16.1 Å². The average Bonchev–Trinajstić information content (AvgIpc) is 2.63. The van der Waals surface area contributed by atoms with Crippen LogP contribution in [0.25, 0.3) is 0 Å². The SMILES string of the molecule is O=C(CCCCCNC(=O)OCc1ccccc1)NCCCCCO. The number of aliphatic hydroxyl groups excluding tert-OH is 1. The molecule has 0 fully saturated rings. The van der Waals surface area contributed by atoms with Gasteiger partial charge in [-0.2, -0.15) is 0 Å². The van der Waals surface area contributed by atoms with Gasteiger partial charge in [0.25, 0.3) is 0 Å². The van der Waals surface area contributed by atoms with Crippen molar-refractivity contribution in [2.75, 3.05) is 19.7 Å². The topological polar surface area (TPSA) is 87.7 Å². The van der Waals surface area contributed by atoms with Crippen LogP contribution in [0.1, 0.15) is 50.5 Å². The third-order valence-electron chi connectivity index (χ3n) is 3.72. The molecule has 1 rings (SSSR count). The normalized spacial score (nSPS) is 10.3. The second-order valence-corrected chi connectivity index (χ2v) is 5.93. The number of benzene rings is 1. The van der Waals surface area contributed by atoms with Gasteiger partial charge in [0.2, 0.25) is 5.91 Å². The van der Waals surface area contributed by atoms with Crippen molar-refractivity contribution in [3.05, 3.63) is 35.9 Å². The maximum Gasteiger partial charge on any atom is 0.407 e. The van der Waals surface area contributed by atoms with E-state index in [1.807, 2.05) is 30.3 Å². The Labute approximate surface area is 150 Å². The first-order valence-corrected chi connectivity index (χ1v) is 9.04. The number of unbranched alkanes of at least 4 members (excludes halogenated alkanes) is 4. The Balaban J connectivity index is 1.90. The Morgan fingerprint density at radius 2 is 1.56 bits per heavy atom. The molecule has 0 aromatic heterocycles. The summed E-state index contributed by atoms with van der Waals surface area (Å²) < 4.78 is 5.12. The minimum atomic E-state index is -0.413. The zero-order chi connectivity index (χ0) is 18.2. The first-order chi connectivity index (χ1) is 12.2. The Morgan fingerprint density at radius 1 is 0.880 bits per heavy atom. The highest BCUT2D eigenvalue weighted by Crippen LogP contribution is 2.02. The van der Waals surface area contributed by atoms with E-state index in [1.54, 1.807) is 0 Å². The largest absolute Gasteiger partial charge is 0.445 e. The third kappa shape index (κ3) is 12.0. The van der Waals surface area contributed by atoms with E-state index < -0.39 is 6.09 Å². The summed E-state index contributed by atoms with van der Waals surface area (Å²) in [5.74, 6) is 0.0687. The lowest BCUT2D eigenvalue weighted by Gasteiger charge is -2.07. The van der Waals surface area contributed by atoms with Crippen molar-refractivity contribution in [1.29, 1.82) is 0 Å². The molecule has 0 spiro atoms. The first kappa shape index (κ1) is 21.0. The van der Waals surface area contributed by atoms with Crippen molar-refractivity contribution >= 4 is 12.0 Å². The molecule has 6 nitrogen and oxygen atoms in total. The van der Waals surface area contributed by atoms with E-state index in [4.69, 9.17) is 9.84 Å². The van der Waals surface area contributed by atoms with Gasteiger partial charge in [-0.05, 0) is 37.7 Å². The van der Waals surface area contributed by atoms with E-state index in [0.29, 0.717) is 19.5 Å². The molecule has 140 valence electrons. The molecule has 0 aliphatic carbocycles. The Morgan fingerprint density at radius 3 is 2.28 bits per heavy atom. The van der Waals surface area contributed by atoms with E-state index >= 15 is 0 Å². The van der Waals surface area contributed by atoms with Gasteiger partial charge in [0, 0.05) is 26.1 Å². The Kier molecular flexibility index (Phi) is 12.0. The number of carbonyl (C=O) groups is 2. The van der Waals surface area contributed by atoms with Crippen molar-refractivity contribution in [2.45, 2.75) is 51.6 Å². The number of hydrogen-bond acceptors (Lipinski definition) is 4. The number of rotatable bonds is 13. The molecular weight excluding hydrogens is 320 g/mol. The summed E-state index contributed by atoms with van der Waals surface area (Å²) in [5, 5.41) is 14.2. The van der Waals surface area contributed by atoms with Crippen LogP contribution in [0.2, 0.25) is 0 Å². The van der Waals surface area contributed by atoms with E-state index in [2.05, 4.69) is 10.6 Å². The summed E-state index contributed by atoms with van der Waals surface area (Å²) >= 11 is 0. The van der Waals surface area contributed by atoms with E-state index in [0.717, 1.165) is 44.1 Å². The fourth-order valence-electron chi connectivity index (χ4n) is 2.28. The predicted octanol–water partition coefficient (Wildman–Crippen LogP) is 2.75. The van der Waals surface area contributed by atoms with Gasteiger partial charge >= 0.3 is 6.09 Å². The van der Waals surface area contributed by atoms with Crippen LogP contribution >= 0.6 is 0 Å². The number of alkyl carbamates (subject to hydrolysis) is 1. The lowest BCUT2D eigenvalue weighted by Crippen LogP contribution is -2.25. The van der Waals surface area contributed by atoms with Crippen molar-refractivity contribution in [3.8, 4) is 0 Å². The lowest BCUT2D eigenvalue weighted by molar-refractivity contribution is -0.121. The first-order valence-electron chi connectivity index (χ1n) is 9.04. The van der Waals surface area contributed by atoms with Crippen LogP contribution in [-0.4, -0.2) is 36.8 Å². The molecule has 0 atom stereocenters. The van der Waals surface area contributed by atoms with E-state index in [9.17, 15) is 9.59 Å². The molecule has 0 heterocycles. The van der Waals surface area contributed by atoms with Crippen molar-refractivity contribution in [3.63, 3.8) is 0 Å². The standard InChI is InChI=1S/C19H30N2O4/c22-15-9-3-8-13-20-18(23)12-6-2-7-14-21-19(24)25-16-17-10-4-1-5-11-17/h1,4-5,10-11,22H,2-3,6-9,12-16H2,(H,20,23)(H,21,24). The lowest BCUT2D eigenvalue weighted by atomic mass is 10.2. The van der Waals surface area contributed by atoms with Gasteiger partial charge < -0.3 is 20.5 Å². The van der Waals surface area contributed by atoms with Gasteiger partial charge in [0.05, 0.1) is 0 Å². The fourth-order valence-corrected chi connectivity index (χ4v) is 2.28. The monoisotopic (exact) mass is 350 g/mol. The molecular formula is C19H30N2O4. The summed E-state index contributed by atoms with van der Waals surface area (Å²) in [6, 6.07) is 9.54. The minimum Gasteiger partial charge on any atom is -0.445 e. The maximum absolute atomic E-state index is 11.6.